The number of nitro groups is 1. The summed E-state index contributed by atoms with van der Waals surface area (Å²) in [6.45, 7) is 3.92. The quantitative estimate of drug-likeness (QED) is 0.169. The summed E-state index contributed by atoms with van der Waals surface area (Å²) in [5.74, 6) is 0.412. The monoisotopic (exact) mass is 607 g/mol. The molecule has 0 amide bonds. The molecule has 0 saturated carbocycles. The minimum absolute atomic E-state index is 0.0104. The second-order valence-corrected chi connectivity index (χ2v) is 11.4. The Hall–Kier alpha value is -2.76. The number of nitrogens with zero attached hydrogens (tertiary/aromatic N) is 3. The van der Waals surface area contributed by atoms with Crippen molar-refractivity contribution in [2.45, 2.75) is 25.5 Å². The van der Waals surface area contributed by atoms with Gasteiger partial charge in [-0.25, -0.2) is 17.4 Å². The van der Waals surface area contributed by atoms with E-state index < -0.39 is 14.9 Å². The molecule has 0 unspecified atom stereocenters. The molecule has 0 atom stereocenters. The van der Waals surface area contributed by atoms with Crippen molar-refractivity contribution < 1.29 is 18.1 Å². The lowest BCUT2D eigenvalue weighted by molar-refractivity contribution is -0.385. The Morgan fingerprint density at radius 3 is 2.32 bits per heavy atom. The standard InChI is InChI=1S/C23H19Br2N3O5S/c1-14(2)17-12-27(34(31,32)13-15-6-4-3-5-7-15)20-8-9-21(26-22(17)20)33-23-18(24)10-16(28(29)30)11-19(23)25/h3-12,14H,13H2,1-2H3. The predicted octanol–water partition coefficient (Wildman–Crippen LogP) is 6.76. The van der Waals surface area contributed by atoms with Gasteiger partial charge >= 0.3 is 0 Å². The van der Waals surface area contributed by atoms with Crippen molar-refractivity contribution in [3.63, 3.8) is 0 Å². The average molecular weight is 609 g/mol. The van der Waals surface area contributed by atoms with Gasteiger partial charge in [0.1, 0.15) is 0 Å². The summed E-state index contributed by atoms with van der Waals surface area (Å²) in [6.07, 6.45) is 1.61. The molecule has 0 aliphatic carbocycles. The van der Waals surface area contributed by atoms with E-state index in [2.05, 4.69) is 36.8 Å². The molecule has 0 aliphatic rings. The van der Waals surface area contributed by atoms with Crippen LogP contribution in [0.2, 0.25) is 0 Å². The van der Waals surface area contributed by atoms with E-state index in [1.165, 1.54) is 16.1 Å². The molecule has 2 aromatic heterocycles. The van der Waals surface area contributed by atoms with Gasteiger partial charge < -0.3 is 4.74 Å². The highest BCUT2D eigenvalue weighted by Gasteiger charge is 2.23. The Morgan fingerprint density at radius 1 is 1.09 bits per heavy atom. The van der Waals surface area contributed by atoms with Crippen LogP contribution in [0.4, 0.5) is 5.69 Å². The topological polar surface area (TPSA) is 104 Å². The normalized spacial score (nSPS) is 11.8. The molecule has 0 radical (unpaired) electrons. The van der Waals surface area contributed by atoms with Crippen LogP contribution >= 0.6 is 31.9 Å². The number of fused-ring (bicyclic) bond motifs is 1. The molecular formula is C23H19Br2N3O5S. The van der Waals surface area contributed by atoms with Gasteiger partial charge in [-0.15, -0.1) is 0 Å². The van der Waals surface area contributed by atoms with Crippen molar-refractivity contribution in [2.75, 3.05) is 0 Å². The lowest BCUT2D eigenvalue weighted by Crippen LogP contribution is -2.14. The third kappa shape index (κ3) is 4.86. The number of aromatic nitrogens is 2. The molecule has 4 rings (SSSR count). The first-order valence-electron chi connectivity index (χ1n) is 10.2. The zero-order valence-electron chi connectivity index (χ0n) is 18.1. The summed E-state index contributed by atoms with van der Waals surface area (Å²) in [5.41, 5.74) is 2.32. The zero-order chi connectivity index (χ0) is 24.6. The van der Waals surface area contributed by atoms with E-state index >= 15 is 0 Å². The molecule has 0 saturated heterocycles. The third-order valence-corrected chi connectivity index (χ3v) is 7.91. The highest BCUT2D eigenvalue weighted by molar-refractivity contribution is 9.11. The molecule has 34 heavy (non-hydrogen) atoms. The van der Waals surface area contributed by atoms with E-state index in [-0.39, 0.29) is 23.2 Å². The fourth-order valence-electron chi connectivity index (χ4n) is 3.50. The van der Waals surface area contributed by atoms with Gasteiger partial charge in [-0.2, -0.15) is 0 Å². The maximum Gasteiger partial charge on any atom is 0.271 e. The molecule has 0 spiro atoms. The van der Waals surface area contributed by atoms with Gasteiger partial charge in [0.15, 0.2) is 5.75 Å². The summed E-state index contributed by atoms with van der Waals surface area (Å²) in [6, 6.07) is 14.9. The molecule has 176 valence electrons. The maximum atomic E-state index is 13.2. The second-order valence-electron chi connectivity index (χ2n) is 7.89. The number of ether oxygens (including phenoxy) is 1. The van der Waals surface area contributed by atoms with Gasteiger partial charge in [0, 0.05) is 30.0 Å². The summed E-state index contributed by atoms with van der Waals surface area (Å²) in [5, 5.41) is 11.1. The van der Waals surface area contributed by atoms with E-state index in [1.807, 2.05) is 19.9 Å². The highest BCUT2D eigenvalue weighted by atomic mass is 79.9. The van der Waals surface area contributed by atoms with E-state index in [9.17, 15) is 18.5 Å². The van der Waals surface area contributed by atoms with Gasteiger partial charge in [-0.3, -0.25) is 10.1 Å². The summed E-state index contributed by atoms with van der Waals surface area (Å²) in [7, 11) is -3.69. The highest BCUT2D eigenvalue weighted by Crippen LogP contribution is 2.40. The Labute approximate surface area is 213 Å². The van der Waals surface area contributed by atoms with Crippen molar-refractivity contribution in [2.24, 2.45) is 0 Å². The minimum atomic E-state index is -3.69. The van der Waals surface area contributed by atoms with E-state index in [1.54, 1.807) is 42.6 Å². The van der Waals surface area contributed by atoms with Crippen molar-refractivity contribution in [3.8, 4) is 11.6 Å². The molecule has 11 heteroatoms. The lowest BCUT2D eigenvalue weighted by atomic mass is 10.1. The van der Waals surface area contributed by atoms with Crippen LogP contribution in [0.1, 0.15) is 30.9 Å². The van der Waals surface area contributed by atoms with Crippen LogP contribution in [0, 0.1) is 10.1 Å². The first-order valence-corrected chi connectivity index (χ1v) is 13.4. The number of halogens is 2. The molecule has 8 nitrogen and oxygen atoms in total. The first-order chi connectivity index (χ1) is 16.1. The molecule has 0 aliphatic heterocycles. The number of benzene rings is 2. The van der Waals surface area contributed by atoms with Crippen LogP contribution in [0.3, 0.4) is 0 Å². The minimum Gasteiger partial charge on any atom is -0.437 e. The number of non-ortho nitro benzene ring substituents is 1. The number of nitro benzene ring substituents is 1. The molecule has 2 heterocycles. The lowest BCUT2D eigenvalue weighted by Gasteiger charge is -2.10. The van der Waals surface area contributed by atoms with Crippen molar-refractivity contribution in [1.82, 2.24) is 8.96 Å². The number of rotatable bonds is 7. The van der Waals surface area contributed by atoms with Gasteiger partial charge in [-0.05, 0) is 49.4 Å². The van der Waals surface area contributed by atoms with Gasteiger partial charge in [-0.1, -0.05) is 44.2 Å². The number of hydrogen-bond donors (Lipinski definition) is 0. The Kier molecular flexibility index (Phi) is 6.79. The molecule has 4 aromatic rings. The Balaban J connectivity index is 1.76. The van der Waals surface area contributed by atoms with Crippen LogP contribution in [0.25, 0.3) is 11.0 Å². The number of hydrogen-bond acceptors (Lipinski definition) is 6. The Bertz CT molecular complexity index is 1480. The van der Waals surface area contributed by atoms with Crippen LogP contribution in [0.5, 0.6) is 11.6 Å². The summed E-state index contributed by atoms with van der Waals surface area (Å²) < 4.78 is 34.4. The van der Waals surface area contributed by atoms with Crippen molar-refractivity contribution >= 4 is 58.6 Å². The van der Waals surface area contributed by atoms with Crippen LogP contribution in [0.15, 0.2) is 69.7 Å². The molecule has 0 bridgehead atoms. The molecular weight excluding hydrogens is 590 g/mol. The van der Waals surface area contributed by atoms with Crippen LogP contribution in [-0.2, 0) is 15.8 Å². The van der Waals surface area contributed by atoms with Gasteiger partial charge in [0.05, 0.1) is 30.7 Å². The summed E-state index contributed by atoms with van der Waals surface area (Å²) >= 11 is 6.60. The molecule has 2 aromatic carbocycles. The van der Waals surface area contributed by atoms with E-state index in [0.29, 0.717) is 31.3 Å². The predicted molar refractivity (Wildman–Crippen MR) is 137 cm³/mol. The van der Waals surface area contributed by atoms with Gasteiger partial charge in [0.2, 0.25) is 15.9 Å². The van der Waals surface area contributed by atoms with Crippen molar-refractivity contribution in [1.29, 1.82) is 0 Å². The smallest absolute Gasteiger partial charge is 0.271 e. The average Bonchev–Trinajstić information content (AvgIpc) is 3.16. The second kappa shape index (κ2) is 9.47. The van der Waals surface area contributed by atoms with Gasteiger partial charge in [0.25, 0.3) is 5.69 Å². The maximum absolute atomic E-state index is 13.2. The van der Waals surface area contributed by atoms with Crippen molar-refractivity contribution in [3.05, 3.63) is 91.0 Å². The first kappa shape index (κ1) is 24.4. The third-order valence-electron chi connectivity index (χ3n) is 5.13. The fourth-order valence-corrected chi connectivity index (χ4v) is 6.30. The van der Waals surface area contributed by atoms with E-state index in [0.717, 1.165) is 5.56 Å². The molecule has 0 fully saturated rings. The Morgan fingerprint density at radius 2 is 1.74 bits per heavy atom. The SMILES string of the molecule is CC(C)c1cn(S(=O)(=O)Cc2ccccc2)c2ccc(Oc3c(Br)cc([N+](=O)[O-])cc3Br)nc12. The van der Waals surface area contributed by atoms with Crippen LogP contribution in [-0.4, -0.2) is 22.3 Å². The fraction of sp³-hybridized carbons (Fsp3) is 0.174. The van der Waals surface area contributed by atoms with Crippen LogP contribution < -0.4 is 4.74 Å². The summed E-state index contributed by atoms with van der Waals surface area (Å²) in [4.78, 5) is 15.2. The zero-order valence-corrected chi connectivity index (χ0v) is 22.1. The largest absolute Gasteiger partial charge is 0.437 e. The number of pyridine rings is 1. The molecule has 0 N–H and O–H groups in total. The van der Waals surface area contributed by atoms with E-state index in [4.69, 9.17) is 4.74 Å².